The zero-order valence-electron chi connectivity index (χ0n) is 17.4. The zero-order chi connectivity index (χ0) is 21.1. The van der Waals surface area contributed by atoms with Gasteiger partial charge in [0.05, 0.1) is 12.5 Å². The number of carbonyl (C=O) groups excluding carboxylic acids is 2. The topological polar surface area (TPSA) is 49.4 Å². The van der Waals surface area contributed by atoms with Gasteiger partial charge in [-0.2, -0.15) is 0 Å². The molecule has 0 aliphatic carbocycles. The van der Waals surface area contributed by atoms with Crippen molar-refractivity contribution in [1.29, 1.82) is 0 Å². The van der Waals surface area contributed by atoms with Crippen LogP contribution in [0.5, 0.6) is 0 Å². The molecule has 0 radical (unpaired) electrons. The molecule has 152 valence electrons. The van der Waals surface area contributed by atoms with E-state index in [1.54, 1.807) is 0 Å². The number of carbonyl (C=O) groups is 2. The minimum Gasteiger partial charge on any atom is -0.352 e. The third-order valence-electron chi connectivity index (χ3n) is 5.68. The average molecular weight is 399 g/mol. The highest BCUT2D eigenvalue weighted by atomic mass is 16.2. The molecule has 2 amide bonds. The van der Waals surface area contributed by atoms with E-state index in [4.69, 9.17) is 0 Å². The molecule has 1 N–H and O–H groups in total. The van der Waals surface area contributed by atoms with Crippen LogP contribution in [0.1, 0.15) is 50.6 Å². The van der Waals surface area contributed by atoms with E-state index < -0.39 is 0 Å². The predicted molar refractivity (Wildman–Crippen MR) is 118 cm³/mol. The van der Waals surface area contributed by atoms with Crippen LogP contribution >= 0.6 is 0 Å². The molecule has 1 atom stereocenters. The summed E-state index contributed by atoms with van der Waals surface area (Å²) in [5.41, 5.74) is 6.13. The van der Waals surface area contributed by atoms with E-state index in [1.165, 1.54) is 5.56 Å². The van der Waals surface area contributed by atoms with Crippen LogP contribution in [0.4, 0.5) is 0 Å². The monoisotopic (exact) mass is 398 g/mol. The van der Waals surface area contributed by atoms with Gasteiger partial charge in [-0.25, -0.2) is 0 Å². The molecule has 1 unspecified atom stereocenters. The number of aryl methyl sites for hydroxylation is 2. The molecule has 30 heavy (non-hydrogen) atoms. The minimum absolute atomic E-state index is 0.0116. The van der Waals surface area contributed by atoms with Gasteiger partial charge in [0.25, 0.3) is 5.91 Å². The normalized spacial score (nSPS) is 13.8. The summed E-state index contributed by atoms with van der Waals surface area (Å²) in [5, 5.41) is 3.01. The lowest BCUT2D eigenvalue weighted by Gasteiger charge is -2.28. The summed E-state index contributed by atoms with van der Waals surface area (Å²) in [6, 6.07) is 23.6. The summed E-state index contributed by atoms with van der Waals surface area (Å²) in [5.74, 6) is -0.0765. The van der Waals surface area contributed by atoms with Crippen LogP contribution in [-0.2, 0) is 17.9 Å². The lowest BCUT2D eigenvalue weighted by Crippen LogP contribution is -2.34. The maximum Gasteiger partial charge on any atom is 0.255 e. The summed E-state index contributed by atoms with van der Waals surface area (Å²) < 4.78 is 0. The van der Waals surface area contributed by atoms with Gasteiger partial charge in [-0.3, -0.25) is 9.59 Å². The van der Waals surface area contributed by atoms with Crippen LogP contribution in [-0.4, -0.2) is 16.7 Å². The molecule has 3 aromatic carbocycles. The summed E-state index contributed by atoms with van der Waals surface area (Å²) in [6.45, 7) is 5.08. The number of nitrogens with one attached hydrogen (secondary N) is 1. The minimum atomic E-state index is -0.302. The van der Waals surface area contributed by atoms with Gasteiger partial charge in [0.15, 0.2) is 0 Å². The third kappa shape index (κ3) is 4.28. The lowest BCUT2D eigenvalue weighted by atomic mass is 10.00. The second-order valence-corrected chi connectivity index (χ2v) is 7.98. The lowest BCUT2D eigenvalue weighted by molar-refractivity contribution is -0.122. The van der Waals surface area contributed by atoms with Gasteiger partial charge >= 0.3 is 0 Å². The molecule has 3 aromatic rings. The van der Waals surface area contributed by atoms with E-state index in [0.717, 1.165) is 27.8 Å². The SMILES string of the molecule is Cc1ccc(CNC(=O)CC(c2ccc(C)cc2)N2Cc3ccccc3C2=O)cc1. The Bertz CT molecular complexity index is 1060. The first-order valence-electron chi connectivity index (χ1n) is 10.3. The van der Waals surface area contributed by atoms with E-state index in [2.05, 4.69) is 5.32 Å². The number of amides is 2. The fourth-order valence-corrected chi connectivity index (χ4v) is 3.88. The second-order valence-electron chi connectivity index (χ2n) is 7.98. The molecule has 4 rings (SSSR count). The van der Waals surface area contributed by atoms with Gasteiger partial charge in [-0.05, 0) is 36.6 Å². The Morgan fingerprint density at radius 3 is 2.23 bits per heavy atom. The smallest absolute Gasteiger partial charge is 0.255 e. The molecule has 0 bridgehead atoms. The maximum absolute atomic E-state index is 13.1. The fraction of sp³-hybridized carbons (Fsp3) is 0.231. The Morgan fingerprint density at radius 1 is 0.933 bits per heavy atom. The van der Waals surface area contributed by atoms with Gasteiger partial charge in [-0.15, -0.1) is 0 Å². The number of hydrogen-bond acceptors (Lipinski definition) is 2. The van der Waals surface area contributed by atoms with Gasteiger partial charge in [0.2, 0.25) is 5.91 Å². The van der Waals surface area contributed by atoms with Gasteiger partial charge in [0.1, 0.15) is 0 Å². The second kappa shape index (κ2) is 8.54. The van der Waals surface area contributed by atoms with Crippen molar-refractivity contribution in [2.24, 2.45) is 0 Å². The molecule has 0 saturated carbocycles. The number of nitrogens with zero attached hydrogens (tertiary/aromatic N) is 1. The van der Waals surface area contributed by atoms with E-state index >= 15 is 0 Å². The van der Waals surface area contributed by atoms with E-state index in [-0.39, 0.29) is 24.3 Å². The standard InChI is InChI=1S/C26H26N2O2/c1-18-7-11-20(12-8-18)16-27-25(29)15-24(21-13-9-19(2)10-14-21)28-17-22-5-3-4-6-23(22)26(28)30/h3-14,24H,15-17H2,1-2H3,(H,27,29). The molecule has 1 aliphatic rings. The van der Waals surface area contributed by atoms with Crippen molar-refractivity contribution in [3.63, 3.8) is 0 Å². The van der Waals surface area contributed by atoms with Crippen molar-refractivity contribution in [3.05, 3.63) is 106 Å². The molecule has 0 saturated heterocycles. The fourth-order valence-electron chi connectivity index (χ4n) is 3.88. The molecule has 0 aromatic heterocycles. The van der Waals surface area contributed by atoms with Gasteiger partial charge in [0, 0.05) is 18.7 Å². The third-order valence-corrected chi connectivity index (χ3v) is 5.68. The maximum atomic E-state index is 13.1. The first-order chi connectivity index (χ1) is 14.5. The molecule has 4 nitrogen and oxygen atoms in total. The first kappa shape index (κ1) is 19.9. The highest BCUT2D eigenvalue weighted by molar-refractivity contribution is 5.98. The van der Waals surface area contributed by atoms with Crippen molar-refractivity contribution in [1.82, 2.24) is 10.2 Å². The van der Waals surface area contributed by atoms with Crippen LogP contribution in [0.15, 0.2) is 72.8 Å². The molecule has 1 aliphatic heterocycles. The Morgan fingerprint density at radius 2 is 1.57 bits per heavy atom. The van der Waals surface area contributed by atoms with Crippen molar-refractivity contribution in [2.45, 2.75) is 39.4 Å². The number of hydrogen-bond donors (Lipinski definition) is 1. The van der Waals surface area contributed by atoms with E-state index in [0.29, 0.717) is 13.1 Å². The summed E-state index contributed by atoms with van der Waals surface area (Å²) in [6.07, 6.45) is 0.231. The highest BCUT2D eigenvalue weighted by Gasteiger charge is 2.34. The van der Waals surface area contributed by atoms with Crippen molar-refractivity contribution < 1.29 is 9.59 Å². The van der Waals surface area contributed by atoms with Crippen LogP contribution in [0, 0.1) is 13.8 Å². The Kier molecular flexibility index (Phi) is 5.66. The number of rotatable bonds is 6. The zero-order valence-corrected chi connectivity index (χ0v) is 17.4. The number of benzene rings is 3. The molecular formula is C26H26N2O2. The highest BCUT2D eigenvalue weighted by Crippen LogP contribution is 2.33. The Balaban J connectivity index is 1.52. The van der Waals surface area contributed by atoms with Crippen LogP contribution in [0.3, 0.4) is 0 Å². The van der Waals surface area contributed by atoms with E-state index in [9.17, 15) is 9.59 Å². The van der Waals surface area contributed by atoms with Crippen LogP contribution in [0.25, 0.3) is 0 Å². The molecule has 0 fully saturated rings. The Hall–Kier alpha value is -3.40. The van der Waals surface area contributed by atoms with Crippen LogP contribution in [0.2, 0.25) is 0 Å². The molecule has 0 spiro atoms. The first-order valence-corrected chi connectivity index (χ1v) is 10.3. The largest absolute Gasteiger partial charge is 0.352 e. The molecule has 4 heteroatoms. The quantitative estimate of drug-likeness (QED) is 0.654. The molecular weight excluding hydrogens is 372 g/mol. The molecule has 1 heterocycles. The van der Waals surface area contributed by atoms with Crippen molar-refractivity contribution in [3.8, 4) is 0 Å². The van der Waals surface area contributed by atoms with Gasteiger partial charge in [-0.1, -0.05) is 77.9 Å². The van der Waals surface area contributed by atoms with Crippen molar-refractivity contribution >= 4 is 11.8 Å². The van der Waals surface area contributed by atoms with E-state index in [1.807, 2.05) is 91.5 Å². The summed E-state index contributed by atoms with van der Waals surface area (Å²) in [4.78, 5) is 27.7. The average Bonchev–Trinajstić information content (AvgIpc) is 3.09. The predicted octanol–water partition coefficient (Wildman–Crippen LogP) is 4.71. The van der Waals surface area contributed by atoms with Crippen LogP contribution < -0.4 is 5.32 Å². The Labute approximate surface area is 177 Å². The summed E-state index contributed by atoms with van der Waals surface area (Å²) in [7, 11) is 0. The van der Waals surface area contributed by atoms with Crippen molar-refractivity contribution in [2.75, 3.05) is 0 Å². The number of fused-ring (bicyclic) bond motifs is 1. The van der Waals surface area contributed by atoms with Gasteiger partial charge < -0.3 is 10.2 Å². The summed E-state index contributed by atoms with van der Waals surface area (Å²) >= 11 is 0.